The zero-order valence-corrected chi connectivity index (χ0v) is 11.8. The second-order valence-corrected chi connectivity index (χ2v) is 4.82. The Kier molecular flexibility index (Phi) is 4.09. The fourth-order valence-electron chi connectivity index (χ4n) is 2.36. The van der Waals surface area contributed by atoms with Crippen molar-refractivity contribution in [2.45, 2.75) is 26.1 Å². The summed E-state index contributed by atoms with van der Waals surface area (Å²) in [7, 11) is 1.56. The summed E-state index contributed by atoms with van der Waals surface area (Å²) in [5, 5.41) is 2.84. The summed E-state index contributed by atoms with van der Waals surface area (Å²) in [4.78, 5) is 0. The predicted octanol–water partition coefficient (Wildman–Crippen LogP) is 4.36. The second kappa shape index (κ2) is 5.52. The number of hydrogen-bond donors (Lipinski definition) is 1. The summed E-state index contributed by atoms with van der Waals surface area (Å²) < 4.78 is 57.7. The topological polar surface area (TPSA) is 25.2 Å². The lowest BCUT2D eigenvalue weighted by Crippen LogP contribution is -2.20. The molecule has 1 heterocycles. The third kappa shape index (κ3) is 3.10. The van der Waals surface area contributed by atoms with Crippen molar-refractivity contribution >= 4 is 0 Å². The highest BCUT2D eigenvalue weighted by Gasteiger charge is 2.32. The molecule has 0 aliphatic carbocycles. The van der Waals surface area contributed by atoms with E-state index in [1.807, 2.05) is 0 Å². The van der Waals surface area contributed by atoms with Gasteiger partial charge >= 0.3 is 6.18 Å². The lowest BCUT2D eigenvalue weighted by molar-refractivity contribution is -0.137. The number of furan rings is 1. The van der Waals surface area contributed by atoms with Crippen molar-refractivity contribution in [3.8, 4) is 0 Å². The third-order valence-corrected chi connectivity index (χ3v) is 3.31. The SMILES string of the molecule is CNC(c1cc(C(F)(F)F)ccc1F)c1cc(C)oc1C. The lowest BCUT2D eigenvalue weighted by Gasteiger charge is -2.18. The Labute approximate surface area is 119 Å². The molecule has 0 aliphatic rings. The molecule has 2 nitrogen and oxygen atoms in total. The van der Waals surface area contributed by atoms with Crippen LogP contribution < -0.4 is 5.32 Å². The lowest BCUT2D eigenvalue weighted by atomic mass is 9.96. The van der Waals surface area contributed by atoms with Gasteiger partial charge in [-0.3, -0.25) is 0 Å². The van der Waals surface area contributed by atoms with Crippen LogP contribution >= 0.6 is 0 Å². The molecule has 21 heavy (non-hydrogen) atoms. The maximum atomic E-state index is 14.0. The number of nitrogens with one attached hydrogen (secondary N) is 1. The van der Waals surface area contributed by atoms with Crippen LogP contribution in [0.25, 0.3) is 0 Å². The van der Waals surface area contributed by atoms with Gasteiger partial charge in [-0.1, -0.05) is 0 Å². The van der Waals surface area contributed by atoms with Gasteiger partial charge in [0.1, 0.15) is 17.3 Å². The van der Waals surface area contributed by atoms with Crippen LogP contribution in [0, 0.1) is 19.7 Å². The highest BCUT2D eigenvalue weighted by Crippen LogP contribution is 2.34. The van der Waals surface area contributed by atoms with Gasteiger partial charge in [0.15, 0.2) is 0 Å². The number of rotatable bonds is 3. The van der Waals surface area contributed by atoms with Gasteiger partial charge in [0, 0.05) is 11.1 Å². The van der Waals surface area contributed by atoms with Crippen LogP contribution in [-0.2, 0) is 6.18 Å². The standard InChI is InChI=1S/C15H15F4NO/c1-8-6-11(9(2)21-8)14(20-3)12-7-10(15(17,18)19)4-5-13(12)16/h4-7,14,20H,1-3H3. The molecule has 0 radical (unpaired) electrons. The first-order chi connectivity index (χ1) is 9.74. The van der Waals surface area contributed by atoms with Crippen molar-refractivity contribution in [3.05, 3.63) is 58.3 Å². The van der Waals surface area contributed by atoms with Gasteiger partial charge in [0.05, 0.1) is 11.6 Å². The summed E-state index contributed by atoms with van der Waals surface area (Å²) in [6.45, 7) is 3.42. The Morgan fingerprint density at radius 2 is 1.76 bits per heavy atom. The van der Waals surface area contributed by atoms with Crippen molar-refractivity contribution < 1.29 is 22.0 Å². The molecule has 6 heteroatoms. The molecule has 2 aromatic rings. The highest BCUT2D eigenvalue weighted by atomic mass is 19.4. The Morgan fingerprint density at radius 1 is 1.10 bits per heavy atom. The van der Waals surface area contributed by atoms with Gasteiger partial charge in [-0.15, -0.1) is 0 Å². The van der Waals surface area contributed by atoms with E-state index in [4.69, 9.17) is 4.42 Å². The summed E-state index contributed by atoms with van der Waals surface area (Å²) in [5.41, 5.74) is -0.318. The van der Waals surface area contributed by atoms with E-state index in [-0.39, 0.29) is 5.56 Å². The van der Waals surface area contributed by atoms with Crippen molar-refractivity contribution in [3.63, 3.8) is 0 Å². The molecular formula is C15H15F4NO. The minimum atomic E-state index is -4.51. The number of hydrogen-bond acceptors (Lipinski definition) is 2. The minimum absolute atomic E-state index is 0.0591. The number of halogens is 4. The van der Waals surface area contributed by atoms with Crippen LogP contribution in [0.4, 0.5) is 17.6 Å². The largest absolute Gasteiger partial charge is 0.466 e. The molecule has 1 aromatic heterocycles. The summed E-state index contributed by atoms with van der Waals surface area (Å²) in [6, 6.07) is 3.39. The monoisotopic (exact) mass is 301 g/mol. The van der Waals surface area contributed by atoms with E-state index in [1.54, 1.807) is 27.0 Å². The van der Waals surface area contributed by atoms with Gasteiger partial charge in [-0.25, -0.2) is 4.39 Å². The van der Waals surface area contributed by atoms with Gasteiger partial charge in [-0.2, -0.15) is 13.2 Å². The van der Waals surface area contributed by atoms with Crippen LogP contribution in [0.2, 0.25) is 0 Å². The van der Waals surface area contributed by atoms with Crippen LogP contribution in [0.3, 0.4) is 0 Å². The van der Waals surface area contributed by atoms with Gasteiger partial charge in [0.2, 0.25) is 0 Å². The van der Waals surface area contributed by atoms with Crippen molar-refractivity contribution in [2.24, 2.45) is 0 Å². The molecule has 114 valence electrons. The third-order valence-electron chi connectivity index (χ3n) is 3.31. The molecule has 0 saturated carbocycles. The molecular weight excluding hydrogens is 286 g/mol. The van der Waals surface area contributed by atoms with E-state index < -0.39 is 23.6 Å². The Hall–Kier alpha value is -1.82. The van der Waals surface area contributed by atoms with E-state index >= 15 is 0 Å². The van der Waals surface area contributed by atoms with Crippen molar-refractivity contribution in [2.75, 3.05) is 7.05 Å². The van der Waals surface area contributed by atoms with Crippen LogP contribution in [0.5, 0.6) is 0 Å². The van der Waals surface area contributed by atoms with E-state index in [1.165, 1.54) is 0 Å². The minimum Gasteiger partial charge on any atom is -0.466 e. The molecule has 1 N–H and O–H groups in total. The first kappa shape index (κ1) is 15.6. The Morgan fingerprint density at radius 3 is 2.24 bits per heavy atom. The van der Waals surface area contributed by atoms with E-state index in [2.05, 4.69) is 5.32 Å². The molecule has 1 atom stereocenters. The van der Waals surface area contributed by atoms with Crippen molar-refractivity contribution in [1.29, 1.82) is 0 Å². The fraction of sp³-hybridized carbons (Fsp3) is 0.333. The first-order valence-corrected chi connectivity index (χ1v) is 6.35. The van der Waals surface area contributed by atoms with E-state index in [0.717, 1.165) is 18.2 Å². The number of benzene rings is 1. The molecule has 2 rings (SSSR count). The molecule has 1 aromatic carbocycles. The molecule has 0 bridgehead atoms. The fourth-order valence-corrected chi connectivity index (χ4v) is 2.36. The highest BCUT2D eigenvalue weighted by molar-refractivity contribution is 5.38. The van der Waals surface area contributed by atoms with E-state index in [9.17, 15) is 17.6 Å². The summed E-state index contributed by atoms with van der Waals surface area (Å²) >= 11 is 0. The van der Waals surface area contributed by atoms with Gasteiger partial charge in [0.25, 0.3) is 0 Å². The smallest absolute Gasteiger partial charge is 0.416 e. The van der Waals surface area contributed by atoms with Gasteiger partial charge < -0.3 is 9.73 Å². The number of alkyl halides is 3. The Bertz CT molecular complexity index is 646. The van der Waals surface area contributed by atoms with Gasteiger partial charge in [-0.05, 0) is 45.2 Å². The maximum absolute atomic E-state index is 14.0. The molecule has 0 saturated heterocycles. The molecule has 1 unspecified atom stereocenters. The zero-order valence-electron chi connectivity index (χ0n) is 11.8. The van der Waals surface area contributed by atoms with Crippen LogP contribution in [-0.4, -0.2) is 7.05 Å². The molecule has 0 fully saturated rings. The quantitative estimate of drug-likeness (QED) is 0.852. The predicted molar refractivity (Wildman–Crippen MR) is 70.5 cm³/mol. The summed E-state index contributed by atoms with van der Waals surface area (Å²) in [5.74, 6) is 0.472. The van der Waals surface area contributed by atoms with Crippen molar-refractivity contribution in [1.82, 2.24) is 5.32 Å². The molecule has 0 amide bonds. The van der Waals surface area contributed by atoms with Crippen LogP contribution in [0.15, 0.2) is 28.7 Å². The van der Waals surface area contributed by atoms with E-state index in [0.29, 0.717) is 17.1 Å². The normalized spacial score (nSPS) is 13.5. The summed E-state index contributed by atoms with van der Waals surface area (Å²) in [6.07, 6.45) is -4.51. The maximum Gasteiger partial charge on any atom is 0.416 e. The molecule has 0 aliphatic heterocycles. The first-order valence-electron chi connectivity index (χ1n) is 6.35. The van der Waals surface area contributed by atoms with Crippen LogP contribution in [0.1, 0.15) is 34.3 Å². The Balaban J connectivity index is 2.54. The molecule has 0 spiro atoms. The average Bonchev–Trinajstić information content (AvgIpc) is 2.70. The number of aryl methyl sites for hydroxylation is 2. The zero-order chi connectivity index (χ0) is 15.8. The second-order valence-electron chi connectivity index (χ2n) is 4.82. The average molecular weight is 301 g/mol.